The Bertz CT molecular complexity index is 520. The summed E-state index contributed by atoms with van der Waals surface area (Å²) in [6.45, 7) is 10.2. The number of carbonyl (C=O) groups excluding carboxylic acids is 1. The molecule has 0 saturated carbocycles. The second-order valence-corrected chi connectivity index (χ2v) is 6.19. The van der Waals surface area contributed by atoms with Crippen LogP contribution in [0, 0.1) is 0 Å². The first-order valence-corrected chi connectivity index (χ1v) is 8.71. The Morgan fingerprint density at radius 1 is 1.52 bits per heavy atom. The van der Waals surface area contributed by atoms with Crippen molar-refractivity contribution in [3.63, 3.8) is 0 Å². The minimum atomic E-state index is 0.273. The highest BCUT2D eigenvalue weighted by atomic mass is 16.5. The molecule has 1 aliphatic rings. The maximum absolute atomic E-state index is 10.6. The number of nitrogens with zero attached hydrogens (tertiary/aromatic N) is 3. The van der Waals surface area contributed by atoms with Gasteiger partial charge in [-0.1, -0.05) is 20.3 Å². The van der Waals surface area contributed by atoms with Crippen LogP contribution in [0.25, 0.3) is 6.08 Å². The molecule has 1 saturated heterocycles. The first kappa shape index (κ1) is 17.9. The second kappa shape index (κ2) is 8.99. The zero-order valence-electron chi connectivity index (χ0n) is 14.6. The lowest BCUT2D eigenvalue weighted by atomic mass is 10.1. The molecule has 5 heteroatoms. The third kappa shape index (κ3) is 4.75. The lowest BCUT2D eigenvalue weighted by Gasteiger charge is -2.30. The van der Waals surface area contributed by atoms with Crippen LogP contribution in [0.3, 0.4) is 0 Å². The van der Waals surface area contributed by atoms with Gasteiger partial charge >= 0.3 is 0 Å². The first-order valence-electron chi connectivity index (χ1n) is 8.71. The van der Waals surface area contributed by atoms with Gasteiger partial charge in [0, 0.05) is 12.6 Å². The molecule has 1 aliphatic heterocycles. The average Bonchev–Trinajstić information content (AvgIpc) is 2.88. The van der Waals surface area contributed by atoms with Crippen LogP contribution in [0.4, 0.5) is 0 Å². The van der Waals surface area contributed by atoms with Crippen molar-refractivity contribution in [3.8, 4) is 0 Å². The summed E-state index contributed by atoms with van der Waals surface area (Å²) in [5.41, 5.74) is 0.974. The van der Waals surface area contributed by atoms with Gasteiger partial charge in [-0.2, -0.15) is 0 Å². The molecule has 0 radical (unpaired) electrons. The van der Waals surface area contributed by atoms with E-state index in [0.717, 1.165) is 50.5 Å². The molecule has 2 rings (SSSR count). The number of rotatable bonds is 10. The molecule has 1 aromatic heterocycles. The van der Waals surface area contributed by atoms with Crippen LogP contribution < -0.4 is 0 Å². The Balaban J connectivity index is 2.16. The zero-order valence-corrected chi connectivity index (χ0v) is 14.6. The SMILES string of the molecule is CCC[C@H](C)N(CC)Cc1ncc(/C=C/C=O)n1C[C@@H]1CCO1. The molecule has 0 spiro atoms. The number of carbonyl (C=O) groups is 1. The summed E-state index contributed by atoms with van der Waals surface area (Å²) in [7, 11) is 0. The molecule has 0 aliphatic carbocycles. The Labute approximate surface area is 139 Å². The van der Waals surface area contributed by atoms with Gasteiger partial charge in [-0.3, -0.25) is 9.69 Å². The van der Waals surface area contributed by atoms with Gasteiger partial charge in [0.05, 0.1) is 31.1 Å². The third-order valence-electron chi connectivity index (χ3n) is 4.57. The minimum absolute atomic E-state index is 0.273. The molecule has 0 unspecified atom stereocenters. The highest BCUT2D eigenvalue weighted by Crippen LogP contribution is 2.19. The predicted octanol–water partition coefficient (Wildman–Crippen LogP) is 2.89. The standard InChI is InChI=1S/C18H29N3O2/c1-4-7-15(3)20(5-2)14-18-19-12-16(8-6-10-22)21(18)13-17-9-11-23-17/h6,8,10,12,15,17H,4-5,7,9,11,13-14H2,1-3H3/b8-6+/t15-,17-/m0/s1. The van der Waals surface area contributed by atoms with E-state index in [2.05, 4.69) is 35.2 Å². The molecular formula is C18H29N3O2. The summed E-state index contributed by atoms with van der Waals surface area (Å²) in [5.74, 6) is 1.05. The number of ether oxygens (including phenoxy) is 1. The third-order valence-corrected chi connectivity index (χ3v) is 4.57. The topological polar surface area (TPSA) is 47.4 Å². The van der Waals surface area contributed by atoms with Crippen molar-refractivity contribution in [1.29, 1.82) is 0 Å². The van der Waals surface area contributed by atoms with Crippen molar-refractivity contribution in [1.82, 2.24) is 14.5 Å². The maximum Gasteiger partial charge on any atom is 0.142 e. The van der Waals surface area contributed by atoms with Gasteiger partial charge in [0.25, 0.3) is 0 Å². The fraction of sp³-hybridized carbons (Fsp3) is 0.667. The molecule has 128 valence electrons. The Morgan fingerprint density at radius 3 is 2.87 bits per heavy atom. The number of aromatic nitrogens is 2. The minimum Gasteiger partial charge on any atom is -0.376 e. The van der Waals surface area contributed by atoms with Crippen molar-refractivity contribution in [2.75, 3.05) is 13.2 Å². The van der Waals surface area contributed by atoms with Crippen LogP contribution in [-0.2, 0) is 22.6 Å². The molecule has 0 bridgehead atoms. The average molecular weight is 319 g/mol. The van der Waals surface area contributed by atoms with Crippen molar-refractivity contribution in [2.45, 2.75) is 65.3 Å². The van der Waals surface area contributed by atoms with E-state index < -0.39 is 0 Å². The first-order chi connectivity index (χ1) is 11.2. The van der Waals surface area contributed by atoms with Crippen LogP contribution in [0.5, 0.6) is 0 Å². The van der Waals surface area contributed by atoms with Crippen molar-refractivity contribution >= 4 is 12.4 Å². The largest absolute Gasteiger partial charge is 0.376 e. The van der Waals surface area contributed by atoms with Gasteiger partial charge in [-0.05, 0) is 38.5 Å². The van der Waals surface area contributed by atoms with Crippen molar-refractivity contribution in [2.24, 2.45) is 0 Å². The fourth-order valence-corrected chi connectivity index (χ4v) is 3.03. The van der Waals surface area contributed by atoms with E-state index in [1.807, 2.05) is 12.3 Å². The highest BCUT2D eigenvalue weighted by Gasteiger charge is 2.22. The van der Waals surface area contributed by atoms with E-state index in [0.29, 0.717) is 6.04 Å². The summed E-state index contributed by atoms with van der Waals surface area (Å²) in [5, 5.41) is 0. The number of allylic oxidation sites excluding steroid dienone is 1. The number of hydrogen-bond donors (Lipinski definition) is 0. The number of imidazole rings is 1. The molecular weight excluding hydrogens is 290 g/mol. The van der Waals surface area contributed by atoms with Gasteiger partial charge in [0.2, 0.25) is 0 Å². The number of aldehydes is 1. The highest BCUT2D eigenvalue weighted by molar-refractivity contribution is 5.73. The summed E-state index contributed by atoms with van der Waals surface area (Å²) in [4.78, 5) is 17.7. The van der Waals surface area contributed by atoms with E-state index in [4.69, 9.17) is 4.74 Å². The van der Waals surface area contributed by atoms with Crippen LogP contribution in [0.1, 0.15) is 51.6 Å². The zero-order chi connectivity index (χ0) is 16.7. The lowest BCUT2D eigenvalue weighted by Crippen LogP contribution is -2.35. The van der Waals surface area contributed by atoms with Crippen molar-refractivity contribution in [3.05, 3.63) is 23.8 Å². The normalized spacial score (nSPS) is 19.2. The molecule has 0 aromatic carbocycles. The Hall–Kier alpha value is -1.46. The maximum atomic E-state index is 10.6. The van der Waals surface area contributed by atoms with Crippen molar-refractivity contribution < 1.29 is 9.53 Å². The van der Waals surface area contributed by atoms with E-state index in [-0.39, 0.29) is 6.10 Å². The predicted molar refractivity (Wildman–Crippen MR) is 92.1 cm³/mol. The monoisotopic (exact) mass is 319 g/mol. The van der Waals surface area contributed by atoms with E-state index in [9.17, 15) is 4.79 Å². The molecule has 0 N–H and O–H groups in total. The second-order valence-electron chi connectivity index (χ2n) is 6.19. The summed E-state index contributed by atoms with van der Waals surface area (Å²) in [6.07, 6.45) is 9.76. The molecule has 5 nitrogen and oxygen atoms in total. The van der Waals surface area contributed by atoms with Gasteiger partial charge < -0.3 is 9.30 Å². The molecule has 0 amide bonds. The molecule has 2 atom stereocenters. The molecule has 1 fully saturated rings. The van der Waals surface area contributed by atoms with Gasteiger partial charge in [-0.25, -0.2) is 4.98 Å². The van der Waals surface area contributed by atoms with E-state index >= 15 is 0 Å². The van der Waals surface area contributed by atoms with Gasteiger partial charge in [0.1, 0.15) is 12.1 Å². The van der Waals surface area contributed by atoms with Gasteiger partial charge in [-0.15, -0.1) is 0 Å². The Kier molecular flexibility index (Phi) is 6.99. The van der Waals surface area contributed by atoms with Crippen LogP contribution >= 0.6 is 0 Å². The lowest BCUT2D eigenvalue weighted by molar-refractivity contribution is -0.104. The molecule has 1 aromatic rings. The quantitative estimate of drug-likeness (QED) is 0.491. The molecule has 23 heavy (non-hydrogen) atoms. The van der Waals surface area contributed by atoms with E-state index in [1.165, 1.54) is 18.9 Å². The smallest absolute Gasteiger partial charge is 0.142 e. The summed E-state index contributed by atoms with van der Waals surface area (Å²) >= 11 is 0. The number of hydrogen-bond acceptors (Lipinski definition) is 4. The van der Waals surface area contributed by atoms with Gasteiger partial charge in [0.15, 0.2) is 0 Å². The summed E-state index contributed by atoms with van der Waals surface area (Å²) < 4.78 is 7.78. The summed E-state index contributed by atoms with van der Waals surface area (Å²) in [6, 6.07) is 0.545. The van der Waals surface area contributed by atoms with E-state index in [1.54, 1.807) is 0 Å². The molecule has 2 heterocycles. The fourth-order valence-electron chi connectivity index (χ4n) is 3.03. The Morgan fingerprint density at radius 2 is 2.30 bits per heavy atom. The van der Waals surface area contributed by atoms with Crippen LogP contribution in [0.15, 0.2) is 12.3 Å². The van der Waals surface area contributed by atoms with Crippen LogP contribution in [-0.4, -0.2) is 46.0 Å². The van der Waals surface area contributed by atoms with Crippen LogP contribution in [0.2, 0.25) is 0 Å².